The largest absolute Gasteiger partial charge is 0.310 e. The molecule has 0 amide bonds. The van der Waals surface area contributed by atoms with Gasteiger partial charge in [-0.15, -0.1) is 0 Å². The van der Waals surface area contributed by atoms with E-state index in [4.69, 9.17) is 0 Å². The van der Waals surface area contributed by atoms with Crippen LogP contribution in [-0.2, 0) is 0 Å². The predicted molar refractivity (Wildman–Crippen MR) is 68.5 cm³/mol. The maximum atomic E-state index is 4.15. The molecule has 15 heavy (non-hydrogen) atoms. The van der Waals surface area contributed by atoms with E-state index in [2.05, 4.69) is 35.6 Å². The van der Waals surface area contributed by atoms with Crippen molar-refractivity contribution < 1.29 is 0 Å². The summed E-state index contributed by atoms with van der Waals surface area (Å²) in [5, 5.41) is 3.52. The van der Waals surface area contributed by atoms with Gasteiger partial charge in [0.25, 0.3) is 0 Å². The minimum atomic E-state index is 0.785. The number of hydrogen-bond donors (Lipinski definition) is 1. The first kappa shape index (κ1) is 11.5. The highest BCUT2D eigenvalue weighted by Crippen LogP contribution is 2.22. The summed E-state index contributed by atoms with van der Waals surface area (Å²) in [6, 6.07) is 1.58. The zero-order valence-electron chi connectivity index (χ0n) is 9.67. The van der Waals surface area contributed by atoms with Crippen molar-refractivity contribution in [1.29, 1.82) is 0 Å². The van der Waals surface area contributed by atoms with Gasteiger partial charge >= 0.3 is 0 Å². The summed E-state index contributed by atoms with van der Waals surface area (Å²) in [6.45, 7) is 6.22. The molecule has 2 fully saturated rings. The lowest BCUT2D eigenvalue weighted by Crippen LogP contribution is -2.35. The van der Waals surface area contributed by atoms with E-state index < -0.39 is 0 Å². The molecule has 0 aromatic carbocycles. The molecule has 1 heterocycles. The lowest BCUT2D eigenvalue weighted by molar-refractivity contribution is 0.282. The van der Waals surface area contributed by atoms with Crippen LogP contribution in [0.1, 0.15) is 19.3 Å². The maximum Gasteiger partial charge on any atom is 0.0203 e. The third-order valence-electron chi connectivity index (χ3n) is 3.22. The van der Waals surface area contributed by atoms with Gasteiger partial charge in [-0.2, -0.15) is 11.8 Å². The van der Waals surface area contributed by atoms with Crippen molar-refractivity contribution in [2.45, 2.75) is 31.3 Å². The van der Waals surface area contributed by atoms with Gasteiger partial charge in [0.05, 0.1) is 0 Å². The number of thioether (sulfide) groups is 1. The van der Waals surface area contributed by atoms with Crippen LogP contribution in [0.5, 0.6) is 0 Å². The number of likely N-dealkylation sites (N-methyl/N-ethyl adjacent to an activating group) is 1. The highest BCUT2D eigenvalue weighted by molar-refractivity contribution is 7.99. The average molecular weight is 226 g/mol. The van der Waals surface area contributed by atoms with Crippen LogP contribution in [0.4, 0.5) is 0 Å². The van der Waals surface area contributed by atoms with Crippen LogP contribution in [0.3, 0.4) is 0 Å². The molecule has 2 rings (SSSR count). The van der Waals surface area contributed by atoms with E-state index >= 15 is 0 Å². The monoisotopic (exact) mass is 226 g/mol. The summed E-state index contributed by atoms with van der Waals surface area (Å²) in [4.78, 5) is 2.47. The fourth-order valence-electron chi connectivity index (χ4n) is 1.98. The minimum absolute atomic E-state index is 0.785. The van der Waals surface area contributed by atoms with Crippen LogP contribution in [0.15, 0.2) is 12.2 Å². The summed E-state index contributed by atoms with van der Waals surface area (Å²) >= 11 is 2.08. The number of rotatable bonds is 6. The molecule has 0 bridgehead atoms. The summed E-state index contributed by atoms with van der Waals surface area (Å²) in [5.41, 5.74) is 1.33. The molecule has 86 valence electrons. The number of nitrogens with zero attached hydrogens (tertiary/aromatic N) is 1. The van der Waals surface area contributed by atoms with Gasteiger partial charge in [-0.1, -0.05) is 6.58 Å². The van der Waals surface area contributed by atoms with Crippen molar-refractivity contribution in [2.75, 3.05) is 31.6 Å². The van der Waals surface area contributed by atoms with E-state index in [1.54, 1.807) is 0 Å². The fourth-order valence-corrected chi connectivity index (χ4v) is 3.28. The molecule has 0 aromatic rings. The summed E-state index contributed by atoms with van der Waals surface area (Å²) in [7, 11) is 2.23. The molecule has 3 heteroatoms. The van der Waals surface area contributed by atoms with Crippen molar-refractivity contribution in [3.8, 4) is 0 Å². The van der Waals surface area contributed by atoms with Crippen molar-refractivity contribution in [1.82, 2.24) is 10.2 Å². The lowest BCUT2D eigenvalue weighted by atomic mass is 10.2. The first-order valence-electron chi connectivity index (χ1n) is 5.93. The number of nitrogens with one attached hydrogen (secondary N) is 1. The average Bonchev–Trinajstić information content (AvgIpc) is 2.87. The van der Waals surface area contributed by atoms with Gasteiger partial charge in [-0.3, -0.25) is 4.90 Å². The maximum absolute atomic E-state index is 4.15. The van der Waals surface area contributed by atoms with Gasteiger partial charge < -0.3 is 5.32 Å². The first-order chi connectivity index (χ1) is 7.25. The van der Waals surface area contributed by atoms with E-state index in [9.17, 15) is 0 Å². The normalized spacial score (nSPS) is 26.1. The zero-order chi connectivity index (χ0) is 10.7. The molecule has 1 aliphatic heterocycles. The minimum Gasteiger partial charge on any atom is -0.310 e. The van der Waals surface area contributed by atoms with E-state index in [0.29, 0.717) is 0 Å². The Kier molecular flexibility index (Phi) is 4.12. The molecule has 1 unspecified atom stereocenters. The van der Waals surface area contributed by atoms with E-state index in [-0.39, 0.29) is 0 Å². The van der Waals surface area contributed by atoms with Crippen LogP contribution in [0.25, 0.3) is 0 Å². The Hall–Kier alpha value is 0.0100. The molecule has 1 saturated carbocycles. The van der Waals surface area contributed by atoms with E-state index in [0.717, 1.165) is 25.2 Å². The molecule has 0 aromatic heterocycles. The number of hydrogen-bond acceptors (Lipinski definition) is 3. The standard InChI is InChI=1S/C12H22N2S/c1-10(7-13-11-3-4-11)8-14(2)12-5-6-15-9-12/h11-13H,1,3-9H2,2H3. The molecule has 1 N–H and O–H groups in total. The Labute approximate surface area is 97.5 Å². The second-order valence-electron chi connectivity index (χ2n) is 4.84. The second kappa shape index (κ2) is 5.37. The molecule has 1 atom stereocenters. The third-order valence-corrected chi connectivity index (χ3v) is 4.36. The highest BCUT2D eigenvalue weighted by atomic mass is 32.2. The predicted octanol–water partition coefficient (Wildman–Crippen LogP) is 1.73. The topological polar surface area (TPSA) is 15.3 Å². The van der Waals surface area contributed by atoms with Crippen LogP contribution >= 0.6 is 11.8 Å². The Morgan fingerprint density at radius 3 is 2.87 bits per heavy atom. The smallest absolute Gasteiger partial charge is 0.0203 e. The molecule has 0 spiro atoms. The molecular formula is C12H22N2S. The van der Waals surface area contributed by atoms with Gasteiger partial charge in [-0.05, 0) is 37.6 Å². The summed E-state index contributed by atoms with van der Waals surface area (Å²) in [6.07, 6.45) is 4.08. The van der Waals surface area contributed by atoms with Gasteiger partial charge in [0, 0.05) is 30.9 Å². The fraction of sp³-hybridized carbons (Fsp3) is 0.833. The highest BCUT2D eigenvalue weighted by Gasteiger charge is 2.22. The van der Waals surface area contributed by atoms with Gasteiger partial charge in [0.2, 0.25) is 0 Å². The molecule has 2 aliphatic rings. The molecular weight excluding hydrogens is 204 g/mol. The van der Waals surface area contributed by atoms with Crippen molar-refractivity contribution >= 4 is 11.8 Å². The van der Waals surface area contributed by atoms with Crippen LogP contribution in [-0.4, -0.2) is 48.6 Å². The summed E-state index contributed by atoms with van der Waals surface area (Å²) < 4.78 is 0. The molecule has 2 nitrogen and oxygen atoms in total. The SMILES string of the molecule is C=C(CNC1CC1)CN(C)C1CCSC1. The second-order valence-corrected chi connectivity index (χ2v) is 5.99. The van der Waals surface area contributed by atoms with Gasteiger partial charge in [0.15, 0.2) is 0 Å². The third kappa shape index (κ3) is 3.82. The van der Waals surface area contributed by atoms with Crippen molar-refractivity contribution in [3.63, 3.8) is 0 Å². The van der Waals surface area contributed by atoms with E-state index in [1.807, 2.05) is 0 Å². The van der Waals surface area contributed by atoms with Crippen molar-refractivity contribution in [3.05, 3.63) is 12.2 Å². The van der Waals surface area contributed by atoms with Crippen molar-refractivity contribution in [2.24, 2.45) is 0 Å². The summed E-state index contributed by atoms with van der Waals surface area (Å²) in [5.74, 6) is 2.64. The molecule has 1 saturated heterocycles. The quantitative estimate of drug-likeness (QED) is 0.695. The Bertz CT molecular complexity index is 220. The Morgan fingerprint density at radius 2 is 2.27 bits per heavy atom. The molecule has 0 radical (unpaired) electrons. The van der Waals surface area contributed by atoms with Gasteiger partial charge in [0.1, 0.15) is 0 Å². The van der Waals surface area contributed by atoms with Crippen LogP contribution in [0, 0.1) is 0 Å². The first-order valence-corrected chi connectivity index (χ1v) is 7.09. The van der Waals surface area contributed by atoms with Crippen LogP contribution in [0.2, 0.25) is 0 Å². The Balaban J connectivity index is 1.62. The lowest BCUT2D eigenvalue weighted by Gasteiger charge is -2.24. The van der Waals surface area contributed by atoms with Gasteiger partial charge in [-0.25, -0.2) is 0 Å². The zero-order valence-corrected chi connectivity index (χ0v) is 10.5. The Morgan fingerprint density at radius 1 is 1.47 bits per heavy atom. The molecule has 1 aliphatic carbocycles. The van der Waals surface area contributed by atoms with E-state index in [1.165, 1.54) is 36.3 Å². The van der Waals surface area contributed by atoms with Crippen LogP contribution < -0.4 is 5.32 Å².